The van der Waals surface area contributed by atoms with Gasteiger partial charge in [-0.3, -0.25) is 4.79 Å². The zero-order valence-corrected chi connectivity index (χ0v) is 31.1. The zero-order chi connectivity index (χ0) is 38.4. The van der Waals surface area contributed by atoms with E-state index in [-0.39, 0.29) is 46.9 Å². The van der Waals surface area contributed by atoms with Crippen molar-refractivity contribution in [2.75, 3.05) is 26.1 Å². The van der Waals surface area contributed by atoms with Crippen molar-refractivity contribution >= 4 is 28.3 Å². The average Bonchev–Trinajstić information content (AvgIpc) is 3.67. The monoisotopic (exact) mass is 744 g/mol. The van der Waals surface area contributed by atoms with Gasteiger partial charge in [-0.05, 0) is 125 Å². The average molecular weight is 745 g/mol. The van der Waals surface area contributed by atoms with Crippen LogP contribution in [0.5, 0.6) is 34.5 Å². The number of methoxy groups -OCH3 is 2. The minimum absolute atomic E-state index is 0.0384. The van der Waals surface area contributed by atoms with Crippen molar-refractivity contribution < 1.29 is 39.8 Å². The Labute approximate surface area is 320 Å². The van der Waals surface area contributed by atoms with Gasteiger partial charge in [0, 0.05) is 30.0 Å². The van der Waals surface area contributed by atoms with Crippen molar-refractivity contribution in [1.82, 2.24) is 5.32 Å². The molecule has 0 unspecified atom stereocenters. The number of dihydropyridines is 1. The number of aryl methyl sites for hydroxylation is 1. The summed E-state index contributed by atoms with van der Waals surface area (Å²) >= 11 is 0. The smallest absolute Gasteiger partial charge is 0.200 e. The topological polar surface area (TPSA) is 161 Å². The number of aliphatic hydroxyl groups excluding tert-OH is 1. The molecule has 2 bridgehead atoms. The third-order valence-corrected chi connectivity index (χ3v) is 12.4. The number of nitrogens with one attached hydrogen (secondary N) is 2. The number of phenols is 4. The first kappa shape index (κ1) is 36.4. The highest BCUT2D eigenvalue weighted by molar-refractivity contribution is 6.00. The van der Waals surface area contributed by atoms with E-state index in [1.807, 2.05) is 24.3 Å². The van der Waals surface area contributed by atoms with Gasteiger partial charge in [-0.2, -0.15) is 0 Å². The van der Waals surface area contributed by atoms with Crippen molar-refractivity contribution in [2.24, 2.45) is 11.3 Å². The maximum absolute atomic E-state index is 15.3. The summed E-state index contributed by atoms with van der Waals surface area (Å²) in [6, 6.07) is 16.0. The van der Waals surface area contributed by atoms with Crippen molar-refractivity contribution in [3.63, 3.8) is 0 Å². The number of ketones is 1. The van der Waals surface area contributed by atoms with Gasteiger partial charge < -0.3 is 45.6 Å². The van der Waals surface area contributed by atoms with Gasteiger partial charge in [-0.1, -0.05) is 43.2 Å². The molecule has 1 fully saturated rings. The lowest BCUT2D eigenvalue weighted by Gasteiger charge is -2.42. The summed E-state index contributed by atoms with van der Waals surface area (Å²) in [6.45, 7) is 0.556. The summed E-state index contributed by atoms with van der Waals surface area (Å²) < 4.78 is 10.8. The summed E-state index contributed by atoms with van der Waals surface area (Å²) in [5.41, 5.74) is 4.79. The van der Waals surface area contributed by atoms with E-state index < -0.39 is 23.4 Å². The molecule has 0 saturated heterocycles. The molecule has 1 saturated carbocycles. The Hall–Kier alpha value is -5.61. The van der Waals surface area contributed by atoms with Crippen LogP contribution in [0.2, 0.25) is 0 Å². The summed E-state index contributed by atoms with van der Waals surface area (Å²) in [4.78, 5) is 15.3. The molecule has 55 heavy (non-hydrogen) atoms. The first-order valence-corrected chi connectivity index (χ1v) is 19.2. The van der Waals surface area contributed by atoms with Gasteiger partial charge in [-0.15, -0.1) is 0 Å². The largest absolute Gasteiger partial charge is 0.508 e. The van der Waals surface area contributed by atoms with Gasteiger partial charge in [0.05, 0.1) is 26.2 Å². The number of fused-ring (bicyclic) bond motifs is 2. The number of ether oxygens (including phenoxy) is 2. The minimum Gasteiger partial charge on any atom is -0.508 e. The maximum Gasteiger partial charge on any atom is 0.200 e. The quantitative estimate of drug-likeness (QED) is 0.0928. The van der Waals surface area contributed by atoms with E-state index in [0.29, 0.717) is 37.1 Å². The maximum atomic E-state index is 15.3. The van der Waals surface area contributed by atoms with Crippen LogP contribution in [0, 0.1) is 11.3 Å². The van der Waals surface area contributed by atoms with Gasteiger partial charge in [-0.25, -0.2) is 0 Å². The zero-order valence-electron chi connectivity index (χ0n) is 31.1. The number of aliphatic hydroxyl groups is 1. The minimum atomic E-state index is -0.981. The lowest BCUT2D eigenvalue weighted by atomic mass is 9.62. The highest BCUT2D eigenvalue weighted by Gasteiger charge is 2.50. The number of aromatic hydroxyl groups is 4. The predicted octanol–water partition coefficient (Wildman–Crippen LogP) is 7.89. The molecule has 2 aliphatic carbocycles. The molecular formula is C45H48N2O8. The fraction of sp³-hybridized carbons (Fsp3) is 0.356. The van der Waals surface area contributed by atoms with Crippen LogP contribution in [-0.4, -0.2) is 58.2 Å². The number of carbonyl (C=O) groups is 1. The van der Waals surface area contributed by atoms with E-state index in [1.54, 1.807) is 30.3 Å². The van der Waals surface area contributed by atoms with Crippen LogP contribution < -0.4 is 20.1 Å². The molecule has 7 N–H and O–H groups in total. The number of anilines is 1. The van der Waals surface area contributed by atoms with Crippen molar-refractivity contribution in [1.29, 1.82) is 0 Å². The van der Waals surface area contributed by atoms with E-state index in [0.717, 1.165) is 70.2 Å². The molecule has 0 aromatic heterocycles. The molecule has 10 nitrogen and oxygen atoms in total. The van der Waals surface area contributed by atoms with Gasteiger partial charge >= 0.3 is 0 Å². The Morgan fingerprint density at radius 2 is 1.73 bits per heavy atom. The van der Waals surface area contributed by atoms with Crippen molar-refractivity contribution in [3.05, 3.63) is 106 Å². The van der Waals surface area contributed by atoms with E-state index in [1.165, 1.54) is 20.3 Å². The Kier molecular flexibility index (Phi) is 9.63. The van der Waals surface area contributed by atoms with Gasteiger partial charge in [0.2, 0.25) is 5.75 Å². The SMILES string of the molecule is COc1cc(CC[C@@H](O)[C@H]2C(=O)C[C@@H](c3cc(O)c(O)c(OC)c3)C[C@@H]3C=Cc4cc(O)cc5ccc(c3c45)NC3=CC(=CCN3)C23CCCC3)ccc1O. The normalized spacial score (nSPS) is 22.0. The first-order valence-electron chi connectivity index (χ1n) is 19.2. The van der Waals surface area contributed by atoms with Gasteiger partial charge in [0.1, 0.15) is 17.4 Å². The number of rotatable bonds is 7. The van der Waals surface area contributed by atoms with Crippen LogP contribution >= 0.6 is 0 Å². The number of Topliss-reactive ketones (excluding diaryl/α,β-unsaturated/α-hetero) is 1. The van der Waals surface area contributed by atoms with Crippen LogP contribution in [0.4, 0.5) is 5.69 Å². The molecule has 286 valence electrons. The molecule has 4 aromatic carbocycles. The van der Waals surface area contributed by atoms with E-state index >= 15 is 4.79 Å². The second kappa shape index (κ2) is 14.6. The number of carbonyl (C=O) groups excluding carboxylic acids is 1. The molecule has 4 atom stereocenters. The van der Waals surface area contributed by atoms with Gasteiger partial charge in [0.15, 0.2) is 23.0 Å². The molecule has 0 amide bonds. The van der Waals surface area contributed by atoms with E-state index in [2.05, 4.69) is 28.9 Å². The fourth-order valence-electron chi connectivity index (χ4n) is 9.81. The number of benzene rings is 4. The Morgan fingerprint density at radius 3 is 2.51 bits per heavy atom. The summed E-state index contributed by atoms with van der Waals surface area (Å²) in [7, 11) is 2.93. The first-order chi connectivity index (χ1) is 26.6. The fourth-order valence-corrected chi connectivity index (χ4v) is 9.81. The molecule has 10 heteroatoms. The van der Waals surface area contributed by atoms with Crippen molar-refractivity contribution in [2.45, 2.75) is 69.3 Å². The Morgan fingerprint density at radius 1 is 0.927 bits per heavy atom. The standard InChI is InChI=1S/C45H48N2O8/c1-54-38-17-25(5-11-34(38)49)6-12-35(50)43-36(51)21-29(30-22-37(52)44(53)39(23-30)55-2)18-26-7-8-27-19-32(48)20-28-9-10-33(42(26)41(27)28)47-40-24-31(13-16-46-40)45(43)14-3-4-15-45/h5,7-11,13,17,19-20,22-24,26,29,35,43,46-50,52-53H,3-4,6,12,14-16,18,21H2,1-2H3/t26-,29-,35+,43-/m0/s1. The highest BCUT2D eigenvalue weighted by atomic mass is 16.5. The lowest BCUT2D eigenvalue weighted by Crippen LogP contribution is -2.44. The van der Waals surface area contributed by atoms with Crippen LogP contribution in [0.1, 0.15) is 79.0 Å². The summed E-state index contributed by atoms with van der Waals surface area (Å²) in [5, 5.41) is 63.8. The molecule has 4 aliphatic rings. The van der Waals surface area contributed by atoms with Crippen LogP contribution in [-0.2, 0) is 11.2 Å². The predicted molar refractivity (Wildman–Crippen MR) is 212 cm³/mol. The van der Waals surface area contributed by atoms with Crippen LogP contribution in [0.25, 0.3) is 16.8 Å². The third-order valence-electron chi connectivity index (χ3n) is 12.4. The molecule has 2 heterocycles. The molecule has 8 rings (SSSR count). The van der Waals surface area contributed by atoms with E-state index in [4.69, 9.17) is 9.47 Å². The highest BCUT2D eigenvalue weighted by Crippen LogP contribution is 2.55. The summed E-state index contributed by atoms with van der Waals surface area (Å²) in [6.07, 6.45) is 12.1. The van der Waals surface area contributed by atoms with Gasteiger partial charge in [0.25, 0.3) is 0 Å². The molecular weight excluding hydrogens is 697 g/mol. The molecule has 0 radical (unpaired) electrons. The second-order valence-electron chi connectivity index (χ2n) is 15.5. The second-order valence-corrected chi connectivity index (χ2v) is 15.5. The number of phenolic OH excluding ortho intramolecular Hbond substituents is 4. The van der Waals surface area contributed by atoms with E-state index in [9.17, 15) is 25.5 Å². The molecule has 4 aromatic rings. The molecule has 1 spiro atoms. The third kappa shape index (κ3) is 6.62. The Balaban J connectivity index is 1.27. The number of hydrogen-bond acceptors (Lipinski definition) is 10. The van der Waals surface area contributed by atoms with Crippen LogP contribution in [0.15, 0.2) is 84.2 Å². The summed E-state index contributed by atoms with van der Waals surface area (Å²) in [5.74, 6) is -0.617. The molecule has 2 aliphatic heterocycles. The lowest BCUT2D eigenvalue weighted by molar-refractivity contribution is -0.132. The van der Waals surface area contributed by atoms with Crippen molar-refractivity contribution in [3.8, 4) is 34.5 Å². The Bertz CT molecular complexity index is 2250. The number of hydrogen-bond donors (Lipinski definition) is 7. The van der Waals surface area contributed by atoms with Crippen LogP contribution in [0.3, 0.4) is 0 Å². The number of allylic oxidation sites excluding steroid dienone is 3.